The summed E-state index contributed by atoms with van der Waals surface area (Å²) in [5.41, 5.74) is -0.455. The molecule has 0 aliphatic rings. The summed E-state index contributed by atoms with van der Waals surface area (Å²) >= 11 is 5.73. The highest BCUT2D eigenvalue weighted by Gasteiger charge is 2.28. The van der Waals surface area contributed by atoms with E-state index in [1.54, 1.807) is 0 Å². The Labute approximate surface area is 135 Å². The second kappa shape index (κ2) is 6.12. The van der Waals surface area contributed by atoms with E-state index in [0.717, 1.165) is 12.1 Å². The molecule has 0 amide bonds. The molecule has 0 aliphatic heterocycles. The summed E-state index contributed by atoms with van der Waals surface area (Å²) in [7, 11) is 0. The monoisotopic (exact) mass is 344 g/mol. The Kier molecular flexibility index (Phi) is 4.56. The van der Waals surface area contributed by atoms with Crippen LogP contribution in [0.4, 0.5) is 13.2 Å². The molecule has 0 saturated heterocycles. The number of alkyl halides is 2. The zero-order chi connectivity index (χ0) is 17.4. The number of hydrogen-bond acceptors (Lipinski definition) is 2. The highest BCUT2D eigenvalue weighted by Crippen LogP contribution is 2.37. The Hall–Kier alpha value is -2.21. The Balaban J connectivity index is 2.42. The van der Waals surface area contributed by atoms with Crippen LogP contribution in [-0.4, -0.2) is 11.1 Å². The molecule has 0 saturated carbocycles. The summed E-state index contributed by atoms with van der Waals surface area (Å²) in [4.78, 5) is 10.9. The number of carbonyl (C=O) groups is 1. The lowest BCUT2D eigenvalue weighted by atomic mass is 10.1. The van der Waals surface area contributed by atoms with E-state index in [2.05, 4.69) is 0 Å². The Bertz CT molecular complexity index is 747. The average Bonchev–Trinajstić information content (AvgIpc) is 2.42. The van der Waals surface area contributed by atoms with Gasteiger partial charge in [0.2, 0.25) is 0 Å². The number of halogens is 4. The fourth-order valence-corrected chi connectivity index (χ4v) is 2.29. The van der Waals surface area contributed by atoms with Crippen molar-refractivity contribution in [3.63, 3.8) is 0 Å². The summed E-state index contributed by atoms with van der Waals surface area (Å²) in [5.74, 6) is -5.63. The molecule has 0 aliphatic carbocycles. The van der Waals surface area contributed by atoms with E-state index in [-0.39, 0.29) is 27.6 Å². The number of ether oxygens (including phenoxy) is 1. The van der Waals surface area contributed by atoms with E-state index >= 15 is 0 Å². The van der Waals surface area contributed by atoms with Crippen molar-refractivity contribution in [2.75, 3.05) is 0 Å². The van der Waals surface area contributed by atoms with E-state index in [4.69, 9.17) is 21.4 Å². The van der Waals surface area contributed by atoms with E-state index in [1.807, 2.05) is 0 Å². The number of aryl methyl sites for hydroxylation is 1. The first kappa shape index (κ1) is 17.1. The van der Waals surface area contributed by atoms with Crippen LogP contribution in [-0.2, 0) is 5.92 Å². The Morgan fingerprint density at radius 3 is 2.43 bits per heavy atom. The molecule has 0 fully saturated rings. The molecule has 0 bridgehead atoms. The molecule has 2 rings (SSSR count). The highest BCUT2D eigenvalue weighted by atomic mass is 35.5. The van der Waals surface area contributed by atoms with Gasteiger partial charge in [0.25, 0.3) is 5.92 Å². The van der Waals surface area contributed by atoms with E-state index < -0.39 is 23.3 Å². The lowest BCUT2D eigenvalue weighted by Gasteiger charge is -2.15. The minimum Gasteiger partial charge on any atom is -0.478 e. The summed E-state index contributed by atoms with van der Waals surface area (Å²) in [6, 6.07) is 5.60. The number of aromatic carboxylic acids is 1. The van der Waals surface area contributed by atoms with Crippen molar-refractivity contribution in [2.45, 2.75) is 19.8 Å². The molecule has 2 aromatic rings. The number of carboxylic acids is 1. The molecule has 3 nitrogen and oxygen atoms in total. The summed E-state index contributed by atoms with van der Waals surface area (Å²) in [5, 5.41) is 8.73. The lowest BCUT2D eigenvalue weighted by Crippen LogP contribution is -2.08. The summed E-state index contributed by atoms with van der Waals surface area (Å²) < 4.78 is 46.2. The van der Waals surface area contributed by atoms with Crippen LogP contribution in [0.1, 0.15) is 28.4 Å². The maximum Gasteiger partial charge on any atom is 0.335 e. The molecule has 0 unspecified atom stereocenters. The van der Waals surface area contributed by atoms with Crippen molar-refractivity contribution in [1.82, 2.24) is 0 Å². The quantitative estimate of drug-likeness (QED) is 0.808. The third kappa shape index (κ3) is 3.76. The minimum absolute atomic E-state index is 0.0315. The summed E-state index contributed by atoms with van der Waals surface area (Å²) in [6.07, 6.45) is 0. The van der Waals surface area contributed by atoms with Crippen LogP contribution in [0.5, 0.6) is 11.5 Å². The predicted molar refractivity (Wildman–Crippen MR) is 79.2 cm³/mol. The summed E-state index contributed by atoms with van der Waals surface area (Å²) in [6.45, 7) is 2.14. The first-order valence-electron chi connectivity index (χ1n) is 6.48. The molecular weight excluding hydrogens is 333 g/mol. The van der Waals surface area contributed by atoms with Crippen molar-refractivity contribution >= 4 is 17.6 Å². The smallest absolute Gasteiger partial charge is 0.335 e. The van der Waals surface area contributed by atoms with Crippen molar-refractivity contribution in [3.05, 3.63) is 57.9 Å². The molecule has 122 valence electrons. The van der Waals surface area contributed by atoms with Gasteiger partial charge in [-0.1, -0.05) is 11.6 Å². The first-order chi connectivity index (χ1) is 10.6. The molecule has 7 heteroatoms. The molecule has 0 spiro atoms. The van der Waals surface area contributed by atoms with Crippen molar-refractivity contribution < 1.29 is 27.8 Å². The molecule has 0 radical (unpaired) electrons. The van der Waals surface area contributed by atoms with Crippen molar-refractivity contribution in [3.8, 4) is 11.5 Å². The fourth-order valence-electron chi connectivity index (χ4n) is 2.01. The molecule has 0 atom stereocenters. The number of benzene rings is 2. The molecule has 23 heavy (non-hydrogen) atoms. The van der Waals surface area contributed by atoms with Gasteiger partial charge >= 0.3 is 5.97 Å². The normalized spacial score (nSPS) is 11.4. The average molecular weight is 345 g/mol. The molecule has 0 aromatic heterocycles. The second-order valence-electron chi connectivity index (χ2n) is 5.04. The van der Waals surface area contributed by atoms with Gasteiger partial charge in [-0.2, -0.15) is 0 Å². The van der Waals surface area contributed by atoms with Crippen LogP contribution >= 0.6 is 11.6 Å². The lowest BCUT2D eigenvalue weighted by molar-refractivity contribution is 0.0174. The Morgan fingerprint density at radius 1 is 1.26 bits per heavy atom. The number of hydrogen-bond donors (Lipinski definition) is 1. The molecule has 1 N–H and O–H groups in total. The zero-order valence-electron chi connectivity index (χ0n) is 12.2. The fraction of sp³-hybridized carbons (Fsp3) is 0.188. The van der Waals surface area contributed by atoms with Crippen molar-refractivity contribution in [2.24, 2.45) is 0 Å². The van der Waals surface area contributed by atoms with Gasteiger partial charge in [-0.05, 0) is 42.8 Å². The van der Waals surface area contributed by atoms with Crippen LogP contribution in [0.15, 0.2) is 30.3 Å². The largest absolute Gasteiger partial charge is 0.478 e. The van der Waals surface area contributed by atoms with Crippen LogP contribution in [0, 0.1) is 12.7 Å². The number of carboxylic acid groups (broad SMARTS) is 1. The first-order valence-corrected chi connectivity index (χ1v) is 6.86. The zero-order valence-corrected chi connectivity index (χ0v) is 12.9. The predicted octanol–water partition coefficient (Wildman–Crippen LogP) is 5.39. The third-order valence-electron chi connectivity index (χ3n) is 3.11. The molecule has 0 heterocycles. The topological polar surface area (TPSA) is 46.5 Å². The van der Waals surface area contributed by atoms with Gasteiger partial charge in [-0.25, -0.2) is 18.0 Å². The minimum atomic E-state index is -3.18. The van der Waals surface area contributed by atoms with Crippen LogP contribution in [0.2, 0.25) is 5.02 Å². The number of rotatable bonds is 4. The highest BCUT2D eigenvalue weighted by molar-refractivity contribution is 6.31. The van der Waals surface area contributed by atoms with Gasteiger partial charge in [-0.3, -0.25) is 0 Å². The van der Waals surface area contributed by atoms with Crippen LogP contribution in [0.3, 0.4) is 0 Å². The molecular formula is C16H12ClF3O3. The van der Waals surface area contributed by atoms with Gasteiger partial charge in [0.1, 0.15) is 5.75 Å². The van der Waals surface area contributed by atoms with Gasteiger partial charge in [0.15, 0.2) is 11.6 Å². The van der Waals surface area contributed by atoms with Gasteiger partial charge in [-0.15, -0.1) is 0 Å². The standard InChI is InChI=1S/C16H12ClF3O3/c1-8-5-9(15(21)22)6-13(18)14(8)23-10-3-4-12(17)11(7-10)16(2,19)20/h3-7H,1-2H3,(H,21,22). The van der Waals surface area contributed by atoms with Gasteiger partial charge < -0.3 is 9.84 Å². The van der Waals surface area contributed by atoms with E-state index in [1.165, 1.54) is 25.1 Å². The second-order valence-corrected chi connectivity index (χ2v) is 5.45. The van der Waals surface area contributed by atoms with E-state index in [9.17, 15) is 18.0 Å². The van der Waals surface area contributed by atoms with Crippen LogP contribution < -0.4 is 4.74 Å². The van der Waals surface area contributed by atoms with E-state index in [0.29, 0.717) is 6.92 Å². The third-order valence-corrected chi connectivity index (χ3v) is 3.44. The SMILES string of the molecule is Cc1cc(C(=O)O)cc(F)c1Oc1ccc(Cl)c(C(C)(F)F)c1. The maximum absolute atomic E-state index is 14.0. The Morgan fingerprint density at radius 2 is 1.91 bits per heavy atom. The van der Waals surface area contributed by atoms with Crippen LogP contribution in [0.25, 0.3) is 0 Å². The van der Waals surface area contributed by atoms with Gasteiger partial charge in [0, 0.05) is 17.5 Å². The molecule has 2 aromatic carbocycles. The van der Waals surface area contributed by atoms with Gasteiger partial charge in [0.05, 0.1) is 5.56 Å². The van der Waals surface area contributed by atoms with Crippen molar-refractivity contribution in [1.29, 1.82) is 0 Å². The maximum atomic E-state index is 14.0.